The Kier molecular flexibility index (Phi) is 72.9. The van der Waals surface area contributed by atoms with E-state index in [9.17, 15) is 43.2 Å². The van der Waals surface area contributed by atoms with Crippen LogP contribution in [0, 0.1) is 0 Å². The van der Waals surface area contributed by atoms with E-state index in [0.717, 1.165) is 167 Å². The first-order chi connectivity index (χ1) is 50.7. The highest BCUT2D eigenvalue weighted by atomic mass is 31.2. The van der Waals surface area contributed by atoms with Crippen LogP contribution in [0.5, 0.6) is 0 Å². The number of aliphatic hydroxyl groups is 1. The minimum absolute atomic E-state index is 0.0304. The zero-order valence-corrected chi connectivity index (χ0v) is 66.9. The fraction of sp³-hybridized carbons (Fsp3) is 0.694. The van der Waals surface area contributed by atoms with Gasteiger partial charge in [0.2, 0.25) is 0 Å². The molecule has 0 fully saturated rings. The van der Waals surface area contributed by atoms with Crippen LogP contribution in [0.4, 0.5) is 0 Å². The number of ether oxygens (including phenoxy) is 4. The average molecular weight is 1500 g/mol. The van der Waals surface area contributed by atoms with E-state index in [4.69, 9.17) is 37.0 Å². The summed E-state index contributed by atoms with van der Waals surface area (Å²) < 4.78 is 68.5. The highest BCUT2D eigenvalue weighted by molar-refractivity contribution is 7.47. The molecule has 19 heteroatoms. The summed E-state index contributed by atoms with van der Waals surface area (Å²) >= 11 is 0. The van der Waals surface area contributed by atoms with Crippen LogP contribution in [0.15, 0.2) is 134 Å². The molecule has 0 aliphatic rings. The summed E-state index contributed by atoms with van der Waals surface area (Å²) in [5, 5.41) is 10.6. The maximum atomic E-state index is 13.1. The molecule has 104 heavy (non-hydrogen) atoms. The number of esters is 4. The molecule has 0 aromatic rings. The number of phosphoric ester groups is 2. The fourth-order valence-corrected chi connectivity index (χ4v) is 12.0. The number of hydrogen-bond donors (Lipinski definition) is 3. The Morgan fingerprint density at radius 3 is 0.885 bits per heavy atom. The van der Waals surface area contributed by atoms with Crippen molar-refractivity contribution in [1.29, 1.82) is 0 Å². The molecule has 5 atom stereocenters. The van der Waals surface area contributed by atoms with Gasteiger partial charge in [0.1, 0.15) is 19.3 Å². The topological polar surface area (TPSA) is 237 Å². The second-order valence-electron chi connectivity index (χ2n) is 26.6. The third-order valence-corrected chi connectivity index (χ3v) is 18.5. The molecule has 0 saturated carbocycles. The summed E-state index contributed by atoms with van der Waals surface area (Å²) in [6.45, 7) is 4.57. The molecule has 0 rings (SSSR count). The van der Waals surface area contributed by atoms with Crippen LogP contribution in [-0.4, -0.2) is 96.7 Å². The van der Waals surface area contributed by atoms with Crippen LogP contribution < -0.4 is 0 Å². The number of hydrogen-bond acceptors (Lipinski definition) is 15. The summed E-state index contributed by atoms with van der Waals surface area (Å²) in [4.78, 5) is 73.0. The predicted octanol–water partition coefficient (Wildman–Crippen LogP) is 23.7. The number of phosphoric acid groups is 2. The number of unbranched alkanes of at least 4 members (excludes halogenated alkanes) is 27. The molecule has 0 saturated heterocycles. The lowest BCUT2D eigenvalue weighted by molar-refractivity contribution is -0.161. The van der Waals surface area contributed by atoms with Crippen LogP contribution in [0.25, 0.3) is 0 Å². The minimum atomic E-state index is -5.00. The molecule has 0 spiro atoms. The molecule has 0 bridgehead atoms. The smallest absolute Gasteiger partial charge is 0.462 e. The van der Waals surface area contributed by atoms with Crippen molar-refractivity contribution in [3.63, 3.8) is 0 Å². The number of carbonyl (C=O) groups is 4. The van der Waals surface area contributed by atoms with Gasteiger partial charge in [-0.05, 0) is 128 Å². The van der Waals surface area contributed by atoms with Gasteiger partial charge in [0.05, 0.1) is 26.4 Å². The van der Waals surface area contributed by atoms with Crippen molar-refractivity contribution in [3.05, 3.63) is 134 Å². The Balaban J connectivity index is 5.40. The first-order valence-corrected chi connectivity index (χ1v) is 43.4. The molecule has 0 aromatic carbocycles. The molecule has 17 nitrogen and oxygen atoms in total. The highest BCUT2D eigenvalue weighted by Crippen LogP contribution is 2.45. The van der Waals surface area contributed by atoms with Crippen LogP contribution >= 0.6 is 15.6 Å². The van der Waals surface area contributed by atoms with Crippen LogP contribution in [0.3, 0.4) is 0 Å². The molecule has 0 aliphatic heterocycles. The third-order valence-electron chi connectivity index (χ3n) is 16.6. The predicted molar refractivity (Wildman–Crippen MR) is 427 cm³/mol. The molecule has 5 unspecified atom stereocenters. The Morgan fingerprint density at radius 2 is 0.538 bits per heavy atom. The molecule has 596 valence electrons. The van der Waals surface area contributed by atoms with Gasteiger partial charge in [-0.2, -0.15) is 0 Å². The summed E-state index contributed by atoms with van der Waals surface area (Å²) in [5.74, 6) is -2.30. The van der Waals surface area contributed by atoms with E-state index in [1.165, 1.54) is 70.6 Å². The molecular weight excluding hydrogens is 1350 g/mol. The maximum absolute atomic E-state index is 13.1. The van der Waals surface area contributed by atoms with Gasteiger partial charge < -0.3 is 33.8 Å². The largest absolute Gasteiger partial charge is 0.472 e. The molecule has 0 aromatic heterocycles. The Bertz CT molecular complexity index is 2490. The Labute approximate surface area is 631 Å². The van der Waals surface area contributed by atoms with Gasteiger partial charge >= 0.3 is 39.5 Å². The molecule has 3 N–H and O–H groups in total. The van der Waals surface area contributed by atoms with Crippen LogP contribution in [0.1, 0.15) is 323 Å². The quantitative estimate of drug-likeness (QED) is 0.0169. The Morgan fingerprint density at radius 1 is 0.279 bits per heavy atom. The van der Waals surface area contributed by atoms with E-state index >= 15 is 0 Å². The van der Waals surface area contributed by atoms with Crippen molar-refractivity contribution in [1.82, 2.24) is 0 Å². The molecule has 0 amide bonds. The number of carbonyl (C=O) groups excluding carboxylic acids is 4. The highest BCUT2D eigenvalue weighted by Gasteiger charge is 2.30. The van der Waals surface area contributed by atoms with Gasteiger partial charge in [0.15, 0.2) is 12.2 Å². The number of allylic oxidation sites excluding steroid dienone is 22. The maximum Gasteiger partial charge on any atom is 0.472 e. The monoisotopic (exact) mass is 1500 g/mol. The van der Waals surface area contributed by atoms with Gasteiger partial charge in [-0.1, -0.05) is 303 Å². The van der Waals surface area contributed by atoms with E-state index < -0.39 is 97.5 Å². The summed E-state index contributed by atoms with van der Waals surface area (Å²) in [5.41, 5.74) is 0. The van der Waals surface area contributed by atoms with E-state index in [1.807, 2.05) is 18.2 Å². The van der Waals surface area contributed by atoms with Crippen molar-refractivity contribution in [3.8, 4) is 0 Å². The summed E-state index contributed by atoms with van der Waals surface area (Å²) in [6.07, 6.45) is 85.8. The van der Waals surface area contributed by atoms with Crippen molar-refractivity contribution in [2.45, 2.75) is 341 Å². The summed E-state index contributed by atoms with van der Waals surface area (Å²) in [6, 6.07) is 0. The van der Waals surface area contributed by atoms with Gasteiger partial charge in [0, 0.05) is 25.7 Å². The lowest BCUT2D eigenvalue weighted by Crippen LogP contribution is -2.30. The number of aliphatic hydroxyl groups excluding tert-OH is 1. The van der Waals surface area contributed by atoms with E-state index in [0.29, 0.717) is 32.1 Å². The van der Waals surface area contributed by atoms with Crippen molar-refractivity contribution in [2.24, 2.45) is 0 Å². The first kappa shape index (κ1) is 99.2. The normalized spacial score (nSPS) is 14.6. The van der Waals surface area contributed by atoms with Gasteiger partial charge in [-0.25, -0.2) is 9.13 Å². The number of rotatable bonds is 75. The molecular formula is C85H144O17P2. The zero-order valence-electron chi connectivity index (χ0n) is 65.2. The van der Waals surface area contributed by atoms with Crippen molar-refractivity contribution < 1.29 is 80.2 Å². The lowest BCUT2D eigenvalue weighted by Gasteiger charge is -2.21. The second kappa shape index (κ2) is 76.4. The standard InChI is InChI=1S/C85H144O17P2/c1-5-9-13-17-21-25-29-33-35-37-39-41-43-47-49-53-57-61-65-69-82(87)95-75-80(101-84(89)71-67-63-59-55-51-45-31-27-23-19-15-11-7-3)77-99-103(91,92)97-73-79(86)74-98-104(93,94)100-78-81(102-85(90)72-68-64-60-56-52-46-32-28-24-20-16-12-8-4)76-96-83(88)70-66-62-58-54-50-48-44-42-40-38-36-34-30-26-22-18-14-10-6-2/h9,13,15,19,21-22,25-27,31,33-36,39-42,47,49,57,61,79-81,86H,5-8,10-12,14,16-18,20,23-24,28-30,32,37-38,43-46,48,50-56,58-60,62-78H2,1-4H3,(H,91,92)(H,93,94)/b13-9-,19-15-,25-21-,26-22-,31-27-,35-33-,36-34-,41-39-,42-40-,49-47-,61-57-. The van der Waals surface area contributed by atoms with Gasteiger partial charge in [0.25, 0.3) is 0 Å². The molecule has 0 radical (unpaired) electrons. The van der Waals surface area contributed by atoms with E-state index in [1.54, 1.807) is 0 Å². The lowest BCUT2D eigenvalue weighted by atomic mass is 10.0. The van der Waals surface area contributed by atoms with E-state index in [2.05, 4.69) is 143 Å². The van der Waals surface area contributed by atoms with Crippen LogP contribution in [0.2, 0.25) is 0 Å². The van der Waals surface area contributed by atoms with Gasteiger partial charge in [-0.15, -0.1) is 0 Å². The molecule has 0 heterocycles. The third kappa shape index (κ3) is 75.4. The SMILES string of the molecule is CC/C=C\C/C=C\C/C=C\C/C=C\C/C=C\C/C=C\CCC(=O)OCC(COP(=O)(O)OCC(O)COP(=O)(O)OCC(COC(=O)CCCCCCCC/C=C\C/C=C\C/C=C\CCCCC)OC(=O)CCCCCCCCCCCCCCC)OC(=O)CCCCCCC/C=C\C/C=C\CCC. The first-order valence-electron chi connectivity index (χ1n) is 40.4. The van der Waals surface area contributed by atoms with Crippen LogP contribution in [-0.2, 0) is 65.4 Å². The second-order valence-corrected chi connectivity index (χ2v) is 29.5. The van der Waals surface area contributed by atoms with E-state index in [-0.39, 0.29) is 25.7 Å². The minimum Gasteiger partial charge on any atom is -0.462 e. The fourth-order valence-electron chi connectivity index (χ4n) is 10.5. The van der Waals surface area contributed by atoms with Crippen molar-refractivity contribution in [2.75, 3.05) is 39.6 Å². The Hall–Kier alpha value is -4.80. The average Bonchev–Trinajstić information content (AvgIpc) is 0.913. The summed E-state index contributed by atoms with van der Waals surface area (Å²) in [7, 11) is -9.98. The van der Waals surface area contributed by atoms with Crippen molar-refractivity contribution >= 4 is 39.5 Å². The van der Waals surface area contributed by atoms with Gasteiger partial charge in [-0.3, -0.25) is 37.3 Å². The zero-order chi connectivity index (χ0) is 76.0. The molecule has 0 aliphatic carbocycles.